The average Bonchev–Trinajstić information content (AvgIpc) is 2.40. The molecule has 0 heterocycles. The molecule has 0 aliphatic heterocycles. The van der Waals surface area contributed by atoms with Gasteiger partial charge in [0.1, 0.15) is 4.90 Å². The zero-order valence-corrected chi connectivity index (χ0v) is 13.6. The maximum atomic E-state index is 12.1. The average molecular weight is 334 g/mol. The third-order valence-electron chi connectivity index (χ3n) is 2.83. The summed E-state index contributed by atoms with van der Waals surface area (Å²) in [6.45, 7) is 4.25. The van der Waals surface area contributed by atoms with E-state index in [0.29, 0.717) is 17.8 Å². The monoisotopic (exact) mass is 333 g/mol. The first kappa shape index (κ1) is 17.7. The molecular weight excluding hydrogens is 314 g/mol. The van der Waals surface area contributed by atoms with Crippen molar-refractivity contribution in [2.45, 2.75) is 31.6 Å². The van der Waals surface area contributed by atoms with Crippen LogP contribution in [0.25, 0.3) is 0 Å². The second-order valence-electron chi connectivity index (χ2n) is 4.64. The topological polar surface area (TPSA) is 101 Å². The summed E-state index contributed by atoms with van der Waals surface area (Å²) in [5.74, 6) is -0.200. The van der Waals surface area contributed by atoms with Gasteiger partial charge in [-0.15, -0.1) is 0 Å². The number of carbonyl (C=O) groups excluding carboxylic acids is 1. The molecule has 21 heavy (non-hydrogen) atoms. The third-order valence-corrected chi connectivity index (χ3v) is 4.75. The molecule has 0 aliphatic carbocycles. The second-order valence-corrected chi connectivity index (χ2v) is 6.78. The lowest BCUT2D eigenvalue weighted by Crippen LogP contribution is -2.31. The highest BCUT2D eigenvalue weighted by atomic mass is 35.5. The number of benzene rings is 1. The molecule has 1 aromatic rings. The van der Waals surface area contributed by atoms with Crippen molar-refractivity contribution < 1.29 is 13.2 Å². The van der Waals surface area contributed by atoms with Gasteiger partial charge in [0.2, 0.25) is 15.9 Å². The SMILES string of the molecule is CCCNC(=O)CCNS(=O)(=O)c1cc(N)c(C)cc1Cl. The standard InChI is InChI=1S/C13H20ClN3O3S/c1-3-5-16-13(18)4-6-17-21(19,20)12-8-11(15)9(2)7-10(12)14/h7-8,17H,3-6,15H2,1-2H3,(H,16,18). The maximum absolute atomic E-state index is 12.1. The summed E-state index contributed by atoms with van der Waals surface area (Å²) in [5.41, 5.74) is 6.76. The highest BCUT2D eigenvalue weighted by Crippen LogP contribution is 2.26. The van der Waals surface area contributed by atoms with E-state index in [-0.39, 0.29) is 28.8 Å². The van der Waals surface area contributed by atoms with Crippen LogP contribution in [0.3, 0.4) is 0 Å². The van der Waals surface area contributed by atoms with Crippen molar-refractivity contribution in [3.8, 4) is 0 Å². The summed E-state index contributed by atoms with van der Waals surface area (Å²) in [6.07, 6.45) is 0.897. The summed E-state index contributed by atoms with van der Waals surface area (Å²) in [7, 11) is -3.79. The van der Waals surface area contributed by atoms with Crippen molar-refractivity contribution >= 4 is 33.2 Å². The zero-order valence-electron chi connectivity index (χ0n) is 12.1. The molecule has 0 unspecified atom stereocenters. The minimum atomic E-state index is -3.79. The van der Waals surface area contributed by atoms with Crippen molar-refractivity contribution in [3.05, 3.63) is 22.7 Å². The maximum Gasteiger partial charge on any atom is 0.242 e. The molecule has 0 aromatic heterocycles. The lowest BCUT2D eigenvalue weighted by atomic mass is 10.2. The van der Waals surface area contributed by atoms with Gasteiger partial charge >= 0.3 is 0 Å². The number of aryl methyl sites for hydroxylation is 1. The number of nitrogen functional groups attached to an aromatic ring is 1. The van der Waals surface area contributed by atoms with E-state index in [0.717, 1.165) is 6.42 Å². The molecule has 0 saturated heterocycles. The van der Waals surface area contributed by atoms with Crippen LogP contribution >= 0.6 is 11.6 Å². The fourth-order valence-electron chi connectivity index (χ4n) is 1.60. The van der Waals surface area contributed by atoms with Crippen molar-refractivity contribution in [1.82, 2.24) is 10.0 Å². The Labute approximate surface area is 130 Å². The minimum absolute atomic E-state index is 0.00198. The van der Waals surface area contributed by atoms with E-state index < -0.39 is 10.0 Å². The van der Waals surface area contributed by atoms with E-state index in [4.69, 9.17) is 17.3 Å². The number of carbonyl (C=O) groups is 1. The Balaban J connectivity index is 2.70. The molecule has 0 atom stereocenters. The molecule has 0 aliphatic rings. The number of sulfonamides is 1. The number of rotatable bonds is 7. The van der Waals surface area contributed by atoms with Crippen molar-refractivity contribution in [3.63, 3.8) is 0 Å². The fraction of sp³-hybridized carbons (Fsp3) is 0.462. The van der Waals surface area contributed by atoms with Gasteiger partial charge in [0.15, 0.2) is 0 Å². The van der Waals surface area contributed by atoms with E-state index in [1.807, 2.05) is 6.92 Å². The molecule has 118 valence electrons. The molecule has 1 aromatic carbocycles. The number of nitrogens with two attached hydrogens (primary N) is 1. The molecule has 0 radical (unpaired) electrons. The molecule has 1 amide bonds. The summed E-state index contributed by atoms with van der Waals surface area (Å²) in [4.78, 5) is 11.3. The van der Waals surface area contributed by atoms with Crippen LogP contribution in [0, 0.1) is 6.92 Å². The van der Waals surface area contributed by atoms with Crippen molar-refractivity contribution in [1.29, 1.82) is 0 Å². The molecule has 0 fully saturated rings. The molecule has 0 spiro atoms. The predicted molar refractivity (Wildman–Crippen MR) is 83.7 cm³/mol. The molecule has 0 bridgehead atoms. The largest absolute Gasteiger partial charge is 0.398 e. The number of hydrogen-bond donors (Lipinski definition) is 3. The van der Waals surface area contributed by atoms with Gasteiger partial charge in [-0.3, -0.25) is 4.79 Å². The van der Waals surface area contributed by atoms with E-state index in [1.165, 1.54) is 12.1 Å². The Kier molecular flexibility index (Phi) is 6.44. The van der Waals surface area contributed by atoms with Crippen LogP contribution in [0.1, 0.15) is 25.3 Å². The van der Waals surface area contributed by atoms with Crippen LogP contribution in [0.15, 0.2) is 17.0 Å². The fourth-order valence-corrected chi connectivity index (χ4v) is 3.25. The number of anilines is 1. The first-order valence-corrected chi connectivity index (χ1v) is 8.46. The molecule has 6 nitrogen and oxygen atoms in total. The normalized spacial score (nSPS) is 11.4. The van der Waals surface area contributed by atoms with Gasteiger partial charge in [0.25, 0.3) is 0 Å². The Bertz CT molecular complexity index is 617. The Morgan fingerprint density at radius 2 is 2.00 bits per heavy atom. The van der Waals surface area contributed by atoms with Crippen LogP contribution in [-0.4, -0.2) is 27.4 Å². The molecule has 8 heteroatoms. The zero-order chi connectivity index (χ0) is 16.0. The van der Waals surface area contributed by atoms with Crippen molar-refractivity contribution in [2.75, 3.05) is 18.8 Å². The molecule has 4 N–H and O–H groups in total. The number of nitrogens with one attached hydrogen (secondary N) is 2. The molecule has 1 rings (SSSR count). The predicted octanol–water partition coefficient (Wildman–Crippen LogP) is 1.43. The summed E-state index contributed by atoms with van der Waals surface area (Å²) < 4.78 is 26.6. The van der Waals surface area contributed by atoms with Crippen LogP contribution in [0.2, 0.25) is 5.02 Å². The summed E-state index contributed by atoms with van der Waals surface area (Å²) in [6, 6.07) is 2.82. The summed E-state index contributed by atoms with van der Waals surface area (Å²) >= 11 is 5.94. The second kappa shape index (κ2) is 7.63. The Morgan fingerprint density at radius 1 is 1.33 bits per heavy atom. The van der Waals surface area contributed by atoms with Gasteiger partial charge in [0.05, 0.1) is 5.02 Å². The van der Waals surface area contributed by atoms with E-state index >= 15 is 0 Å². The first-order chi connectivity index (χ1) is 9.77. The Morgan fingerprint density at radius 3 is 2.62 bits per heavy atom. The van der Waals surface area contributed by atoms with Crippen LogP contribution in [-0.2, 0) is 14.8 Å². The quantitative estimate of drug-likeness (QED) is 0.657. The van der Waals surface area contributed by atoms with Crippen molar-refractivity contribution in [2.24, 2.45) is 0 Å². The van der Waals surface area contributed by atoms with Gasteiger partial charge < -0.3 is 11.1 Å². The van der Waals surface area contributed by atoms with E-state index in [9.17, 15) is 13.2 Å². The van der Waals surface area contributed by atoms with E-state index in [1.54, 1.807) is 6.92 Å². The number of halogens is 1. The number of hydrogen-bond acceptors (Lipinski definition) is 4. The summed E-state index contributed by atoms with van der Waals surface area (Å²) in [5, 5.41) is 2.77. The Hall–Kier alpha value is -1.31. The smallest absolute Gasteiger partial charge is 0.242 e. The first-order valence-electron chi connectivity index (χ1n) is 6.60. The van der Waals surface area contributed by atoms with Gasteiger partial charge in [-0.1, -0.05) is 18.5 Å². The van der Waals surface area contributed by atoms with Gasteiger partial charge in [-0.05, 0) is 31.0 Å². The third kappa shape index (κ3) is 5.18. The highest BCUT2D eigenvalue weighted by molar-refractivity contribution is 7.89. The lowest BCUT2D eigenvalue weighted by Gasteiger charge is -2.10. The van der Waals surface area contributed by atoms with Gasteiger partial charge in [-0.25, -0.2) is 13.1 Å². The van der Waals surface area contributed by atoms with E-state index in [2.05, 4.69) is 10.0 Å². The number of amides is 1. The van der Waals surface area contributed by atoms with Crippen LogP contribution < -0.4 is 15.8 Å². The minimum Gasteiger partial charge on any atom is -0.398 e. The molecule has 0 saturated carbocycles. The van der Waals surface area contributed by atoms with Gasteiger partial charge in [0, 0.05) is 25.2 Å². The van der Waals surface area contributed by atoms with Crippen LogP contribution in [0.4, 0.5) is 5.69 Å². The molecular formula is C13H20ClN3O3S. The highest BCUT2D eigenvalue weighted by Gasteiger charge is 2.19. The van der Waals surface area contributed by atoms with Crippen LogP contribution in [0.5, 0.6) is 0 Å². The lowest BCUT2D eigenvalue weighted by molar-refractivity contribution is -0.120. The van der Waals surface area contributed by atoms with Gasteiger partial charge in [-0.2, -0.15) is 0 Å².